The van der Waals surface area contributed by atoms with Crippen molar-refractivity contribution in [2.45, 2.75) is 39.7 Å². The third-order valence-corrected chi connectivity index (χ3v) is 7.62. The van der Waals surface area contributed by atoms with Crippen LogP contribution in [0.25, 0.3) is 5.76 Å². The molecule has 1 aromatic carbocycles. The second-order valence-electron chi connectivity index (χ2n) is 11.1. The second kappa shape index (κ2) is 11.7. The number of amides is 1. The van der Waals surface area contributed by atoms with Gasteiger partial charge in [0.15, 0.2) is 11.5 Å². The van der Waals surface area contributed by atoms with Crippen LogP contribution in [0, 0.1) is 11.3 Å². The summed E-state index contributed by atoms with van der Waals surface area (Å²) in [6, 6.07) is 4.43. The summed E-state index contributed by atoms with van der Waals surface area (Å²) in [5, 5.41) is 11.4. The van der Waals surface area contributed by atoms with Crippen molar-refractivity contribution >= 4 is 17.4 Å². The summed E-state index contributed by atoms with van der Waals surface area (Å²) in [5.74, 6) is -0.575. The molecule has 3 aliphatic rings. The van der Waals surface area contributed by atoms with E-state index in [9.17, 15) is 14.7 Å². The molecule has 0 bridgehead atoms. The number of carbonyl (C=O) groups excluding carboxylic acids is 2. The number of hydrogen-bond acceptors (Lipinski definition) is 7. The van der Waals surface area contributed by atoms with Gasteiger partial charge in [0, 0.05) is 37.7 Å². The summed E-state index contributed by atoms with van der Waals surface area (Å²) < 4.78 is 16.2. The maximum atomic E-state index is 13.4. The molecule has 1 N–H and O–H groups in total. The van der Waals surface area contributed by atoms with Crippen molar-refractivity contribution in [3.05, 3.63) is 53.1 Å². The van der Waals surface area contributed by atoms with Crippen LogP contribution >= 0.6 is 0 Å². The first-order chi connectivity index (χ1) is 18.2. The fraction of sp³-hybridized carbons (Fsp3) is 0.533. The minimum Gasteiger partial charge on any atom is -0.507 e. The summed E-state index contributed by atoms with van der Waals surface area (Å²) in [5.41, 5.74) is 1.78. The molecule has 0 saturated carbocycles. The Morgan fingerprint density at radius 2 is 1.79 bits per heavy atom. The number of morpholine rings is 1. The molecule has 2 aliphatic heterocycles. The van der Waals surface area contributed by atoms with Gasteiger partial charge in [-0.3, -0.25) is 14.5 Å². The predicted molar refractivity (Wildman–Crippen MR) is 146 cm³/mol. The zero-order valence-corrected chi connectivity index (χ0v) is 23.2. The van der Waals surface area contributed by atoms with Gasteiger partial charge in [-0.2, -0.15) is 0 Å². The third kappa shape index (κ3) is 5.81. The Labute approximate surface area is 225 Å². The topological polar surface area (TPSA) is 88.5 Å². The van der Waals surface area contributed by atoms with Crippen molar-refractivity contribution in [1.29, 1.82) is 0 Å². The lowest BCUT2D eigenvalue weighted by Gasteiger charge is -2.33. The first-order valence-electron chi connectivity index (χ1n) is 13.4. The van der Waals surface area contributed by atoms with E-state index in [4.69, 9.17) is 14.2 Å². The van der Waals surface area contributed by atoms with E-state index < -0.39 is 17.7 Å². The van der Waals surface area contributed by atoms with Gasteiger partial charge in [0.2, 0.25) is 0 Å². The van der Waals surface area contributed by atoms with E-state index in [-0.39, 0.29) is 22.7 Å². The number of carbonyl (C=O) groups is 2. The average Bonchev–Trinajstić information content (AvgIpc) is 3.17. The Kier molecular flexibility index (Phi) is 8.63. The van der Waals surface area contributed by atoms with Crippen molar-refractivity contribution in [3.8, 4) is 11.5 Å². The molecular weight excluding hydrogens is 484 g/mol. The molecular formula is C30H40N2O6. The van der Waals surface area contributed by atoms with Crippen LogP contribution in [0.4, 0.5) is 0 Å². The van der Waals surface area contributed by atoms with Crippen molar-refractivity contribution in [3.63, 3.8) is 0 Å². The standard InChI is InChI=1S/C30H40N2O6/c1-30(2,3)22-10-7-20(8-11-22)26-25(27(33)21-9-12-23(36-4)24(19-21)37-5)28(34)29(35)32(26)14-6-13-31-15-17-38-18-16-31/h7,9-12,19-20,26,33H,6,8,13-18H2,1-5H3/t20-,26-/m0/s1. The van der Waals surface area contributed by atoms with Gasteiger partial charge in [-0.1, -0.05) is 39.0 Å². The average molecular weight is 525 g/mol. The molecule has 1 aliphatic carbocycles. The number of likely N-dealkylation sites (tertiary alicyclic amines) is 1. The van der Waals surface area contributed by atoms with Gasteiger partial charge < -0.3 is 24.2 Å². The van der Waals surface area contributed by atoms with Crippen molar-refractivity contribution < 1.29 is 28.9 Å². The van der Waals surface area contributed by atoms with Gasteiger partial charge in [-0.15, -0.1) is 0 Å². The zero-order chi connectivity index (χ0) is 27.4. The molecule has 0 spiro atoms. The fourth-order valence-electron chi connectivity index (χ4n) is 5.45. The third-order valence-electron chi connectivity index (χ3n) is 7.62. The van der Waals surface area contributed by atoms with Gasteiger partial charge >= 0.3 is 0 Å². The Bertz CT molecular complexity index is 1140. The SMILES string of the molecule is COc1ccc(C(O)=C2C(=O)C(=O)N(CCCN3CCOCC3)[C@H]2[C@H]2C=CC(C(C)(C)C)=CC2)cc1OC. The Morgan fingerprint density at radius 1 is 1.08 bits per heavy atom. The first-order valence-corrected chi connectivity index (χ1v) is 13.4. The number of nitrogens with zero attached hydrogens (tertiary/aromatic N) is 2. The summed E-state index contributed by atoms with van der Waals surface area (Å²) in [4.78, 5) is 30.7. The lowest BCUT2D eigenvalue weighted by Crippen LogP contribution is -2.42. The molecule has 1 amide bonds. The van der Waals surface area contributed by atoms with Crippen LogP contribution < -0.4 is 9.47 Å². The monoisotopic (exact) mass is 524 g/mol. The summed E-state index contributed by atoms with van der Waals surface area (Å²) in [7, 11) is 3.05. The number of ether oxygens (including phenoxy) is 3. The number of allylic oxidation sites excluding steroid dienone is 3. The van der Waals surface area contributed by atoms with E-state index in [1.165, 1.54) is 19.8 Å². The van der Waals surface area contributed by atoms with Crippen molar-refractivity contribution in [2.24, 2.45) is 11.3 Å². The number of rotatable bonds is 8. The molecule has 2 atom stereocenters. The maximum Gasteiger partial charge on any atom is 0.295 e. The van der Waals surface area contributed by atoms with E-state index in [1.807, 2.05) is 0 Å². The molecule has 8 nitrogen and oxygen atoms in total. The second-order valence-corrected chi connectivity index (χ2v) is 11.1. The molecule has 206 valence electrons. The molecule has 2 saturated heterocycles. The molecule has 4 rings (SSSR count). The number of ketones is 1. The number of aliphatic hydroxyl groups is 1. The number of hydrogen-bond donors (Lipinski definition) is 1. The van der Waals surface area contributed by atoms with Crippen LogP contribution in [0.1, 0.15) is 39.2 Å². The highest BCUT2D eigenvalue weighted by Crippen LogP contribution is 2.40. The van der Waals surface area contributed by atoms with Crippen LogP contribution in [0.5, 0.6) is 11.5 Å². The number of benzene rings is 1. The van der Waals surface area contributed by atoms with Crippen LogP contribution in [0.3, 0.4) is 0 Å². The number of Topliss-reactive ketones (excluding diaryl/α,β-unsaturated/α-hetero) is 1. The Morgan fingerprint density at radius 3 is 2.39 bits per heavy atom. The Balaban J connectivity index is 1.67. The molecule has 2 heterocycles. The smallest absolute Gasteiger partial charge is 0.295 e. The molecule has 0 aromatic heterocycles. The van der Waals surface area contributed by atoms with Gasteiger partial charge in [-0.25, -0.2) is 0 Å². The zero-order valence-electron chi connectivity index (χ0n) is 23.2. The van der Waals surface area contributed by atoms with Crippen LogP contribution in [0.2, 0.25) is 0 Å². The predicted octanol–water partition coefficient (Wildman–Crippen LogP) is 4.02. The van der Waals surface area contributed by atoms with Gasteiger partial charge in [0.25, 0.3) is 11.7 Å². The van der Waals surface area contributed by atoms with Crippen LogP contribution in [0.15, 0.2) is 47.6 Å². The van der Waals surface area contributed by atoms with Crippen LogP contribution in [-0.4, -0.2) is 86.3 Å². The lowest BCUT2D eigenvalue weighted by molar-refractivity contribution is -0.140. The van der Waals surface area contributed by atoms with E-state index in [2.05, 4.69) is 43.9 Å². The molecule has 38 heavy (non-hydrogen) atoms. The summed E-state index contributed by atoms with van der Waals surface area (Å²) in [6.07, 6.45) is 7.79. The van der Waals surface area contributed by atoms with Gasteiger partial charge in [-0.05, 0) is 42.0 Å². The maximum absolute atomic E-state index is 13.4. The molecule has 1 aromatic rings. The van der Waals surface area contributed by atoms with E-state index in [0.717, 1.165) is 26.1 Å². The van der Waals surface area contributed by atoms with Gasteiger partial charge in [0.05, 0.1) is 39.0 Å². The lowest BCUT2D eigenvalue weighted by atomic mass is 9.78. The highest BCUT2D eigenvalue weighted by molar-refractivity contribution is 6.46. The minimum absolute atomic E-state index is 0.00108. The molecule has 2 fully saturated rings. The van der Waals surface area contributed by atoms with Crippen molar-refractivity contribution in [1.82, 2.24) is 9.80 Å². The highest BCUT2D eigenvalue weighted by Gasteiger charge is 2.48. The highest BCUT2D eigenvalue weighted by atomic mass is 16.5. The fourth-order valence-corrected chi connectivity index (χ4v) is 5.45. The normalized spacial score (nSPS) is 24.0. The quantitative estimate of drug-likeness (QED) is 0.312. The first kappa shape index (κ1) is 27.9. The van der Waals surface area contributed by atoms with E-state index in [1.54, 1.807) is 23.1 Å². The molecule has 8 heteroatoms. The number of methoxy groups -OCH3 is 2. The van der Waals surface area contributed by atoms with Crippen molar-refractivity contribution in [2.75, 3.05) is 53.6 Å². The Hall–Kier alpha value is -3.10. The molecule has 0 unspecified atom stereocenters. The summed E-state index contributed by atoms with van der Waals surface area (Å²) >= 11 is 0. The summed E-state index contributed by atoms with van der Waals surface area (Å²) in [6.45, 7) is 10.9. The minimum atomic E-state index is -0.646. The van der Waals surface area contributed by atoms with E-state index in [0.29, 0.717) is 43.2 Å². The van der Waals surface area contributed by atoms with Gasteiger partial charge in [0.1, 0.15) is 5.76 Å². The largest absolute Gasteiger partial charge is 0.507 e. The van der Waals surface area contributed by atoms with Crippen LogP contribution in [-0.2, 0) is 14.3 Å². The van der Waals surface area contributed by atoms with E-state index >= 15 is 0 Å². The number of aliphatic hydroxyl groups excluding tert-OH is 1. The molecule has 0 radical (unpaired) electrons.